The highest BCUT2D eigenvalue weighted by atomic mass is 15.0. The molecule has 0 bridgehead atoms. The SMILES string of the molecule is CCCn1cccc1CNCC(C(C)C)C(C)C. The first kappa shape index (κ1) is 15.3. The Labute approximate surface area is 113 Å². The van der Waals surface area contributed by atoms with Crippen LogP contribution in [-0.2, 0) is 13.1 Å². The molecule has 0 aliphatic heterocycles. The van der Waals surface area contributed by atoms with Crippen molar-refractivity contribution in [3.8, 4) is 0 Å². The van der Waals surface area contributed by atoms with Gasteiger partial charge in [-0.1, -0.05) is 34.6 Å². The lowest BCUT2D eigenvalue weighted by Gasteiger charge is -2.25. The Morgan fingerprint density at radius 2 is 1.83 bits per heavy atom. The summed E-state index contributed by atoms with van der Waals surface area (Å²) in [5.74, 6) is 2.26. The van der Waals surface area contributed by atoms with E-state index in [2.05, 4.69) is 62.8 Å². The van der Waals surface area contributed by atoms with Crippen LogP contribution in [0.2, 0.25) is 0 Å². The van der Waals surface area contributed by atoms with Crippen molar-refractivity contribution in [2.24, 2.45) is 17.8 Å². The highest BCUT2D eigenvalue weighted by Gasteiger charge is 2.16. The van der Waals surface area contributed by atoms with Crippen LogP contribution in [0, 0.1) is 17.8 Å². The van der Waals surface area contributed by atoms with Gasteiger partial charge in [-0.05, 0) is 42.9 Å². The molecule has 0 spiro atoms. The zero-order chi connectivity index (χ0) is 13.5. The van der Waals surface area contributed by atoms with E-state index in [0.29, 0.717) is 0 Å². The van der Waals surface area contributed by atoms with Gasteiger partial charge in [0.15, 0.2) is 0 Å². The van der Waals surface area contributed by atoms with Crippen molar-refractivity contribution in [3.63, 3.8) is 0 Å². The summed E-state index contributed by atoms with van der Waals surface area (Å²) in [5, 5.41) is 3.63. The summed E-state index contributed by atoms with van der Waals surface area (Å²) in [4.78, 5) is 0. The molecular formula is C16H30N2. The molecule has 2 nitrogen and oxygen atoms in total. The van der Waals surface area contributed by atoms with E-state index in [0.717, 1.165) is 37.4 Å². The van der Waals surface area contributed by atoms with Gasteiger partial charge in [-0.2, -0.15) is 0 Å². The van der Waals surface area contributed by atoms with Gasteiger partial charge in [0.2, 0.25) is 0 Å². The van der Waals surface area contributed by atoms with Crippen LogP contribution >= 0.6 is 0 Å². The van der Waals surface area contributed by atoms with Crippen LogP contribution < -0.4 is 5.32 Å². The summed E-state index contributed by atoms with van der Waals surface area (Å²) in [6, 6.07) is 4.37. The normalized spacial score (nSPS) is 12.0. The highest BCUT2D eigenvalue weighted by molar-refractivity contribution is 5.06. The lowest BCUT2D eigenvalue weighted by molar-refractivity contribution is 0.274. The van der Waals surface area contributed by atoms with E-state index in [4.69, 9.17) is 0 Å². The summed E-state index contributed by atoms with van der Waals surface area (Å²) in [7, 11) is 0. The van der Waals surface area contributed by atoms with Crippen LogP contribution in [0.3, 0.4) is 0 Å². The molecule has 104 valence electrons. The molecule has 0 amide bonds. The molecule has 0 unspecified atom stereocenters. The Bertz CT molecular complexity index is 318. The maximum Gasteiger partial charge on any atom is 0.0359 e. The number of nitrogens with one attached hydrogen (secondary N) is 1. The molecule has 0 aliphatic rings. The monoisotopic (exact) mass is 250 g/mol. The third-order valence-electron chi connectivity index (χ3n) is 3.79. The number of nitrogens with zero attached hydrogens (tertiary/aromatic N) is 1. The van der Waals surface area contributed by atoms with E-state index in [1.807, 2.05) is 0 Å². The Hall–Kier alpha value is -0.760. The van der Waals surface area contributed by atoms with E-state index in [9.17, 15) is 0 Å². The molecular weight excluding hydrogens is 220 g/mol. The lowest BCUT2D eigenvalue weighted by atomic mass is 9.85. The molecule has 1 aromatic rings. The minimum Gasteiger partial charge on any atom is -0.350 e. The quantitative estimate of drug-likeness (QED) is 0.740. The van der Waals surface area contributed by atoms with Gasteiger partial charge in [-0.3, -0.25) is 0 Å². The van der Waals surface area contributed by atoms with E-state index in [1.165, 1.54) is 12.1 Å². The van der Waals surface area contributed by atoms with Crippen LogP contribution in [0.1, 0.15) is 46.7 Å². The van der Waals surface area contributed by atoms with Gasteiger partial charge in [0.05, 0.1) is 0 Å². The number of rotatable bonds is 8. The summed E-state index contributed by atoms with van der Waals surface area (Å²) in [6.07, 6.45) is 3.38. The van der Waals surface area contributed by atoms with Crippen molar-refractivity contribution in [1.82, 2.24) is 9.88 Å². The van der Waals surface area contributed by atoms with Crippen molar-refractivity contribution in [2.75, 3.05) is 6.54 Å². The molecule has 0 fully saturated rings. The first-order valence-corrected chi connectivity index (χ1v) is 7.41. The van der Waals surface area contributed by atoms with Gasteiger partial charge < -0.3 is 9.88 Å². The second-order valence-corrected chi connectivity index (χ2v) is 5.98. The largest absolute Gasteiger partial charge is 0.350 e. The number of hydrogen-bond acceptors (Lipinski definition) is 1. The molecule has 0 saturated carbocycles. The van der Waals surface area contributed by atoms with Crippen molar-refractivity contribution in [2.45, 2.75) is 54.1 Å². The second kappa shape index (κ2) is 7.63. The third kappa shape index (κ3) is 4.49. The van der Waals surface area contributed by atoms with E-state index in [1.54, 1.807) is 0 Å². The zero-order valence-corrected chi connectivity index (χ0v) is 12.7. The van der Waals surface area contributed by atoms with Gasteiger partial charge in [-0.25, -0.2) is 0 Å². The van der Waals surface area contributed by atoms with Crippen LogP contribution in [0.25, 0.3) is 0 Å². The highest BCUT2D eigenvalue weighted by Crippen LogP contribution is 2.19. The van der Waals surface area contributed by atoms with Crippen LogP contribution in [-0.4, -0.2) is 11.1 Å². The van der Waals surface area contributed by atoms with Crippen molar-refractivity contribution >= 4 is 0 Å². The van der Waals surface area contributed by atoms with E-state index < -0.39 is 0 Å². The minimum atomic E-state index is 0.750. The number of hydrogen-bond donors (Lipinski definition) is 1. The van der Waals surface area contributed by atoms with E-state index in [-0.39, 0.29) is 0 Å². The molecule has 1 aromatic heterocycles. The van der Waals surface area contributed by atoms with Crippen molar-refractivity contribution in [3.05, 3.63) is 24.0 Å². The average molecular weight is 250 g/mol. The Balaban J connectivity index is 2.42. The van der Waals surface area contributed by atoms with Crippen molar-refractivity contribution < 1.29 is 0 Å². The minimum absolute atomic E-state index is 0.750. The lowest BCUT2D eigenvalue weighted by Crippen LogP contribution is -2.30. The van der Waals surface area contributed by atoms with Crippen LogP contribution in [0.15, 0.2) is 18.3 Å². The molecule has 0 atom stereocenters. The first-order valence-electron chi connectivity index (χ1n) is 7.41. The van der Waals surface area contributed by atoms with Gasteiger partial charge in [0, 0.05) is 25.0 Å². The topological polar surface area (TPSA) is 17.0 Å². The maximum absolute atomic E-state index is 3.63. The number of aromatic nitrogens is 1. The Kier molecular flexibility index (Phi) is 6.48. The maximum atomic E-state index is 3.63. The third-order valence-corrected chi connectivity index (χ3v) is 3.79. The second-order valence-electron chi connectivity index (χ2n) is 5.98. The van der Waals surface area contributed by atoms with Gasteiger partial charge in [-0.15, -0.1) is 0 Å². The summed E-state index contributed by atoms with van der Waals surface area (Å²) >= 11 is 0. The van der Waals surface area contributed by atoms with Crippen LogP contribution in [0.5, 0.6) is 0 Å². The predicted octanol–water partition coefficient (Wildman–Crippen LogP) is 3.92. The zero-order valence-electron chi connectivity index (χ0n) is 12.7. The smallest absolute Gasteiger partial charge is 0.0359 e. The molecule has 0 aliphatic carbocycles. The molecule has 2 heteroatoms. The van der Waals surface area contributed by atoms with E-state index >= 15 is 0 Å². The molecule has 1 rings (SSSR count). The summed E-state index contributed by atoms with van der Waals surface area (Å²) in [6.45, 7) is 14.8. The Morgan fingerprint density at radius 3 is 2.39 bits per heavy atom. The fraction of sp³-hybridized carbons (Fsp3) is 0.750. The number of aryl methyl sites for hydroxylation is 1. The summed E-state index contributed by atoms with van der Waals surface area (Å²) in [5.41, 5.74) is 1.41. The summed E-state index contributed by atoms with van der Waals surface area (Å²) < 4.78 is 2.35. The molecule has 18 heavy (non-hydrogen) atoms. The Morgan fingerprint density at radius 1 is 1.17 bits per heavy atom. The van der Waals surface area contributed by atoms with Gasteiger partial charge >= 0.3 is 0 Å². The first-order chi connectivity index (χ1) is 8.56. The molecule has 1 heterocycles. The van der Waals surface area contributed by atoms with Gasteiger partial charge in [0.25, 0.3) is 0 Å². The standard InChI is InChI=1S/C16H30N2/c1-6-9-18-10-7-8-15(18)11-17-12-16(13(2)3)14(4)5/h7-8,10,13-14,16-17H,6,9,11-12H2,1-5H3. The predicted molar refractivity (Wildman–Crippen MR) is 79.6 cm³/mol. The van der Waals surface area contributed by atoms with Crippen molar-refractivity contribution in [1.29, 1.82) is 0 Å². The molecule has 0 radical (unpaired) electrons. The average Bonchev–Trinajstić information content (AvgIpc) is 2.71. The fourth-order valence-corrected chi connectivity index (χ4v) is 2.68. The van der Waals surface area contributed by atoms with Gasteiger partial charge in [0.1, 0.15) is 0 Å². The van der Waals surface area contributed by atoms with Crippen LogP contribution in [0.4, 0.5) is 0 Å². The fourth-order valence-electron chi connectivity index (χ4n) is 2.68. The molecule has 0 saturated heterocycles. The molecule has 0 aromatic carbocycles. The molecule has 1 N–H and O–H groups in total.